The fourth-order valence-electron chi connectivity index (χ4n) is 5.32. The molecule has 11 heteroatoms. The lowest BCUT2D eigenvalue weighted by molar-refractivity contribution is -0.138. The summed E-state index contributed by atoms with van der Waals surface area (Å²) in [5, 5.41) is 16.5. The monoisotopic (exact) mass is 524 g/mol. The van der Waals surface area contributed by atoms with Crippen molar-refractivity contribution >= 4 is 11.9 Å². The number of carbonyl (C=O) groups excluding carboxylic acids is 1. The van der Waals surface area contributed by atoms with Gasteiger partial charge < -0.3 is 15.3 Å². The Labute approximate surface area is 212 Å². The molecule has 2 N–H and O–H groups in total. The number of alkyl halides is 4. The number of piperidine rings is 1. The second kappa shape index (κ2) is 11.6. The van der Waals surface area contributed by atoms with E-state index in [4.69, 9.17) is 0 Å². The first-order valence-electron chi connectivity index (χ1n) is 12.8. The van der Waals surface area contributed by atoms with Crippen molar-refractivity contribution in [1.82, 2.24) is 20.0 Å². The second-order valence-corrected chi connectivity index (χ2v) is 9.94. The zero-order chi connectivity index (χ0) is 26.6. The summed E-state index contributed by atoms with van der Waals surface area (Å²) in [5.74, 6) is -1.74. The number of benzene rings is 1. The number of nitrogens with one attached hydrogen (secondary N) is 1. The molecule has 1 aromatic carbocycles. The third kappa shape index (κ3) is 6.88. The van der Waals surface area contributed by atoms with Crippen LogP contribution in [-0.2, 0) is 11.0 Å². The minimum Gasteiger partial charge on any atom is -0.481 e. The maximum Gasteiger partial charge on any atom is 0.417 e. The molecule has 7 nitrogen and oxygen atoms in total. The van der Waals surface area contributed by atoms with Crippen LogP contribution in [0.1, 0.15) is 73.5 Å². The number of likely N-dealkylation sites (tertiary alicyclic amines) is 1. The number of hydrogen-bond donors (Lipinski definition) is 2. The molecule has 1 saturated heterocycles. The fourth-order valence-corrected chi connectivity index (χ4v) is 5.32. The van der Waals surface area contributed by atoms with E-state index in [0.29, 0.717) is 25.9 Å². The molecule has 1 aliphatic carbocycles. The van der Waals surface area contributed by atoms with Gasteiger partial charge >= 0.3 is 12.1 Å². The van der Waals surface area contributed by atoms with Crippen molar-refractivity contribution < 1.29 is 32.3 Å². The molecule has 0 unspecified atom stereocenters. The number of aliphatic carboxylic acids is 1. The molecule has 4 rings (SSSR count). The summed E-state index contributed by atoms with van der Waals surface area (Å²) in [6.45, 7) is 1.42. The summed E-state index contributed by atoms with van der Waals surface area (Å²) in [6.07, 6.45) is -0.959. The van der Waals surface area contributed by atoms with Crippen molar-refractivity contribution in [2.75, 3.05) is 19.6 Å². The highest BCUT2D eigenvalue weighted by Crippen LogP contribution is 2.40. The molecule has 1 aliphatic heterocycles. The van der Waals surface area contributed by atoms with Crippen LogP contribution in [-0.4, -0.2) is 63.5 Å². The molecule has 0 spiro atoms. The molecule has 202 valence electrons. The lowest BCUT2D eigenvalue weighted by Gasteiger charge is -2.30. The van der Waals surface area contributed by atoms with Crippen LogP contribution in [0.25, 0.3) is 11.3 Å². The topological polar surface area (TPSA) is 87.5 Å². The maximum absolute atomic E-state index is 13.8. The van der Waals surface area contributed by atoms with Gasteiger partial charge in [0.2, 0.25) is 0 Å². The van der Waals surface area contributed by atoms with Gasteiger partial charge in [-0.05, 0) is 50.8 Å². The maximum atomic E-state index is 13.8. The highest BCUT2D eigenvalue weighted by atomic mass is 19.4. The highest BCUT2D eigenvalue weighted by Gasteiger charge is 2.35. The number of amides is 1. The molecule has 1 amide bonds. The van der Waals surface area contributed by atoms with E-state index in [1.165, 1.54) is 28.9 Å². The Bertz CT molecular complexity index is 1100. The highest BCUT2D eigenvalue weighted by molar-refractivity contribution is 5.94. The fraction of sp³-hybridized carbons (Fsp3) is 0.577. The second-order valence-electron chi connectivity index (χ2n) is 9.94. The van der Waals surface area contributed by atoms with Gasteiger partial charge in [-0.1, -0.05) is 31.0 Å². The standard InChI is InChI=1S/C26H32F4N4O3/c27-17-6-5-12-33(16-17)13-11-18(14-24(35)36)31-25(37)22-15-23(34(32-22)19-7-1-2-8-19)20-9-3-4-10-21(20)26(28,29)30/h3-4,9-10,15,17-19H,1-2,5-8,11-14,16H2,(H,31,37)(H,35,36)/t17-,18-/m0/s1. The molecular formula is C26H32F4N4O3. The van der Waals surface area contributed by atoms with E-state index in [0.717, 1.165) is 38.2 Å². The average molecular weight is 525 g/mol. The molecule has 1 saturated carbocycles. The average Bonchev–Trinajstić information content (AvgIpc) is 3.52. The Hall–Kier alpha value is -2.95. The van der Waals surface area contributed by atoms with Crippen molar-refractivity contribution in [2.24, 2.45) is 0 Å². The van der Waals surface area contributed by atoms with Gasteiger partial charge in [-0.25, -0.2) is 4.39 Å². The molecule has 0 bridgehead atoms. The normalized spacial score (nSPS) is 20.2. The van der Waals surface area contributed by atoms with Crippen LogP contribution in [0.3, 0.4) is 0 Å². The van der Waals surface area contributed by atoms with Crippen molar-refractivity contribution in [1.29, 1.82) is 0 Å². The first kappa shape index (κ1) is 27.1. The zero-order valence-electron chi connectivity index (χ0n) is 20.5. The number of hydrogen-bond acceptors (Lipinski definition) is 4. The minimum atomic E-state index is -4.58. The van der Waals surface area contributed by atoms with E-state index in [2.05, 4.69) is 10.4 Å². The molecule has 2 aromatic rings. The van der Waals surface area contributed by atoms with Crippen LogP contribution in [0.15, 0.2) is 30.3 Å². The summed E-state index contributed by atoms with van der Waals surface area (Å²) in [7, 11) is 0. The smallest absolute Gasteiger partial charge is 0.417 e. The third-order valence-electron chi connectivity index (χ3n) is 7.15. The third-order valence-corrected chi connectivity index (χ3v) is 7.15. The van der Waals surface area contributed by atoms with Gasteiger partial charge in [0.15, 0.2) is 5.69 Å². The van der Waals surface area contributed by atoms with E-state index >= 15 is 0 Å². The van der Waals surface area contributed by atoms with Crippen LogP contribution in [0.5, 0.6) is 0 Å². The van der Waals surface area contributed by atoms with Gasteiger partial charge in [0, 0.05) is 24.7 Å². The summed E-state index contributed by atoms with van der Waals surface area (Å²) in [6, 6.07) is 5.72. The summed E-state index contributed by atoms with van der Waals surface area (Å²) < 4.78 is 56.6. The first-order chi connectivity index (χ1) is 17.6. The number of halogens is 4. The predicted octanol–water partition coefficient (Wildman–Crippen LogP) is 5.08. The van der Waals surface area contributed by atoms with Gasteiger partial charge in [-0.3, -0.25) is 14.3 Å². The van der Waals surface area contributed by atoms with Crippen LogP contribution in [0.4, 0.5) is 17.6 Å². The van der Waals surface area contributed by atoms with Gasteiger partial charge in [0.1, 0.15) is 6.17 Å². The largest absolute Gasteiger partial charge is 0.481 e. The predicted molar refractivity (Wildman–Crippen MR) is 129 cm³/mol. The van der Waals surface area contributed by atoms with Crippen molar-refractivity contribution in [3.05, 3.63) is 41.6 Å². The van der Waals surface area contributed by atoms with Crippen LogP contribution < -0.4 is 5.32 Å². The van der Waals surface area contributed by atoms with Crippen molar-refractivity contribution in [3.8, 4) is 11.3 Å². The molecule has 2 fully saturated rings. The Morgan fingerprint density at radius 3 is 2.54 bits per heavy atom. The number of carbonyl (C=O) groups is 2. The van der Waals surface area contributed by atoms with E-state index in [1.54, 1.807) is 0 Å². The van der Waals surface area contributed by atoms with E-state index in [1.807, 2.05) is 4.90 Å². The number of aromatic nitrogens is 2. The zero-order valence-corrected chi connectivity index (χ0v) is 20.5. The molecule has 2 atom stereocenters. The lowest BCUT2D eigenvalue weighted by Crippen LogP contribution is -2.42. The van der Waals surface area contributed by atoms with Gasteiger partial charge in [0.25, 0.3) is 5.91 Å². The van der Waals surface area contributed by atoms with Gasteiger partial charge in [-0.15, -0.1) is 0 Å². The Balaban J connectivity index is 1.57. The SMILES string of the molecule is O=C(O)C[C@H](CCN1CCC[C@H](F)C1)NC(=O)c1cc(-c2ccccc2C(F)(F)F)n(C2CCCC2)n1. The quantitative estimate of drug-likeness (QED) is 0.447. The molecule has 0 radical (unpaired) electrons. The molecule has 2 heterocycles. The number of nitrogens with zero attached hydrogens (tertiary/aromatic N) is 3. The van der Waals surface area contributed by atoms with Crippen molar-refractivity contribution in [2.45, 2.75) is 75.8 Å². The van der Waals surface area contributed by atoms with Gasteiger partial charge in [0.05, 0.1) is 23.7 Å². The van der Waals surface area contributed by atoms with E-state index in [9.17, 15) is 32.3 Å². The van der Waals surface area contributed by atoms with Crippen molar-refractivity contribution in [3.63, 3.8) is 0 Å². The summed E-state index contributed by atoms with van der Waals surface area (Å²) in [5.41, 5.74) is -0.711. The number of carboxylic acids is 1. The summed E-state index contributed by atoms with van der Waals surface area (Å²) in [4.78, 5) is 26.5. The minimum absolute atomic E-state index is 0.0542. The molecule has 37 heavy (non-hydrogen) atoms. The van der Waals surface area contributed by atoms with Crippen LogP contribution >= 0.6 is 0 Å². The Kier molecular flexibility index (Phi) is 8.51. The Morgan fingerprint density at radius 1 is 1.14 bits per heavy atom. The Morgan fingerprint density at radius 2 is 1.86 bits per heavy atom. The van der Waals surface area contributed by atoms with E-state index in [-0.39, 0.29) is 36.0 Å². The van der Waals surface area contributed by atoms with Gasteiger partial charge in [-0.2, -0.15) is 18.3 Å². The molecule has 2 aliphatic rings. The van der Waals surface area contributed by atoms with Crippen LogP contribution in [0, 0.1) is 0 Å². The number of rotatable bonds is 9. The summed E-state index contributed by atoms with van der Waals surface area (Å²) >= 11 is 0. The molecular weight excluding hydrogens is 492 g/mol. The van der Waals surface area contributed by atoms with E-state index < -0.39 is 35.8 Å². The first-order valence-corrected chi connectivity index (χ1v) is 12.8. The molecule has 1 aromatic heterocycles. The van der Waals surface area contributed by atoms with Crippen LogP contribution in [0.2, 0.25) is 0 Å². The lowest BCUT2D eigenvalue weighted by atomic mass is 10.0. The number of carboxylic acid groups (broad SMARTS) is 1.